The predicted molar refractivity (Wildman–Crippen MR) is 76.5 cm³/mol. The van der Waals surface area contributed by atoms with Gasteiger partial charge in [0.05, 0.1) is 0 Å². The SMILES string of the molecule is Cc1ccc(C(=O)N2CCC(CCC(=O)O)C2)cc1N. The number of carbonyl (C=O) groups is 2. The molecule has 1 fully saturated rings. The third-order valence-corrected chi connectivity index (χ3v) is 3.87. The summed E-state index contributed by atoms with van der Waals surface area (Å²) in [6.45, 7) is 3.23. The molecular weight excluding hydrogens is 256 g/mol. The van der Waals surface area contributed by atoms with Gasteiger partial charge in [-0.3, -0.25) is 9.59 Å². The van der Waals surface area contributed by atoms with Crippen molar-refractivity contribution in [2.45, 2.75) is 26.2 Å². The first-order valence-electron chi connectivity index (χ1n) is 6.84. The molecule has 1 aliphatic heterocycles. The Morgan fingerprint density at radius 3 is 2.85 bits per heavy atom. The first-order chi connectivity index (χ1) is 9.47. The highest BCUT2D eigenvalue weighted by molar-refractivity contribution is 5.95. The van der Waals surface area contributed by atoms with Gasteiger partial charge in [0.2, 0.25) is 0 Å². The van der Waals surface area contributed by atoms with Crippen LogP contribution in [0.1, 0.15) is 35.2 Å². The van der Waals surface area contributed by atoms with Gasteiger partial charge in [0, 0.05) is 30.8 Å². The van der Waals surface area contributed by atoms with Crippen molar-refractivity contribution >= 4 is 17.6 Å². The molecule has 3 N–H and O–H groups in total. The molecule has 1 atom stereocenters. The molecule has 1 heterocycles. The van der Waals surface area contributed by atoms with E-state index < -0.39 is 5.97 Å². The summed E-state index contributed by atoms with van der Waals surface area (Å²) in [6, 6.07) is 5.35. The highest BCUT2D eigenvalue weighted by Gasteiger charge is 2.27. The molecule has 5 heteroatoms. The lowest BCUT2D eigenvalue weighted by molar-refractivity contribution is -0.137. The van der Waals surface area contributed by atoms with Crippen molar-refractivity contribution in [2.24, 2.45) is 5.92 Å². The zero-order valence-corrected chi connectivity index (χ0v) is 11.6. The van der Waals surface area contributed by atoms with Crippen LogP contribution in [0.4, 0.5) is 5.69 Å². The molecule has 5 nitrogen and oxygen atoms in total. The zero-order valence-electron chi connectivity index (χ0n) is 11.6. The van der Waals surface area contributed by atoms with Gasteiger partial charge in [-0.05, 0) is 43.4 Å². The second-order valence-electron chi connectivity index (χ2n) is 5.41. The van der Waals surface area contributed by atoms with Crippen molar-refractivity contribution in [2.75, 3.05) is 18.8 Å². The Balaban J connectivity index is 1.97. The number of nitrogens with zero attached hydrogens (tertiary/aromatic N) is 1. The average Bonchev–Trinajstić information content (AvgIpc) is 2.87. The quantitative estimate of drug-likeness (QED) is 0.823. The second kappa shape index (κ2) is 5.94. The number of benzene rings is 1. The Labute approximate surface area is 118 Å². The summed E-state index contributed by atoms with van der Waals surface area (Å²) in [5, 5.41) is 8.69. The van der Waals surface area contributed by atoms with Crippen LogP contribution in [0.5, 0.6) is 0 Å². The minimum Gasteiger partial charge on any atom is -0.481 e. The van der Waals surface area contributed by atoms with Crippen LogP contribution < -0.4 is 5.73 Å². The van der Waals surface area contributed by atoms with Crippen molar-refractivity contribution in [3.8, 4) is 0 Å². The molecule has 20 heavy (non-hydrogen) atoms. The summed E-state index contributed by atoms with van der Waals surface area (Å²) in [5.41, 5.74) is 8.02. The van der Waals surface area contributed by atoms with E-state index in [0.29, 0.717) is 30.8 Å². The van der Waals surface area contributed by atoms with Gasteiger partial charge in [0.1, 0.15) is 0 Å². The van der Waals surface area contributed by atoms with E-state index >= 15 is 0 Å². The Bertz CT molecular complexity index is 528. The van der Waals surface area contributed by atoms with E-state index in [1.807, 2.05) is 13.0 Å². The third-order valence-electron chi connectivity index (χ3n) is 3.87. The molecule has 0 bridgehead atoms. The number of aryl methyl sites for hydroxylation is 1. The Morgan fingerprint density at radius 1 is 1.45 bits per heavy atom. The summed E-state index contributed by atoms with van der Waals surface area (Å²) in [4.78, 5) is 24.7. The minimum absolute atomic E-state index is 0.0190. The van der Waals surface area contributed by atoms with Crippen LogP contribution in [0.25, 0.3) is 0 Å². The first-order valence-corrected chi connectivity index (χ1v) is 6.84. The summed E-state index contributed by atoms with van der Waals surface area (Å²) in [6.07, 6.45) is 1.68. The fourth-order valence-electron chi connectivity index (χ4n) is 2.54. The number of hydrogen-bond acceptors (Lipinski definition) is 3. The Kier molecular flexibility index (Phi) is 4.27. The number of hydrogen-bond donors (Lipinski definition) is 2. The van der Waals surface area contributed by atoms with Crippen molar-refractivity contribution in [3.05, 3.63) is 29.3 Å². The van der Waals surface area contributed by atoms with E-state index in [4.69, 9.17) is 10.8 Å². The first kappa shape index (κ1) is 14.4. The lowest BCUT2D eigenvalue weighted by atomic mass is 10.0. The van der Waals surface area contributed by atoms with E-state index in [2.05, 4.69) is 0 Å². The number of aliphatic carboxylic acids is 1. The molecule has 1 aromatic rings. The highest BCUT2D eigenvalue weighted by Crippen LogP contribution is 2.23. The highest BCUT2D eigenvalue weighted by atomic mass is 16.4. The van der Waals surface area contributed by atoms with Crippen molar-refractivity contribution in [3.63, 3.8) is 0 Å². The molecule has 1 unspecified atom stereocenters. The van der Waals surface area contributed by atoms with Crippen LogP contribution in [0.3, 0.4) is 0 Å². The summed E-state index contributed by atoms with van der Waals surface area (Å²) >= 11 is 0. The van der Waals surface area contributed by atoms with Gasteiger partial charge < -0.3 is 15.7 Å². The monoisotopic (exact) mass is 276 g/mol. The van der Waals surface area contributed by atoms with E-state index in [1.165, 1.54) is 0 Å². The molecule has 1 saturated heterocycles. The van der Waals surface area contributed by atoms with Crippen molar-refractivity contribution < 1.29 is 14.7 Å². The Hall–Kier alpha value is -2.04. The number of carboxylic acid groups (broad SMARTS) is 1. The number of likely N-dealkylation sites (tertiary alicyclic amines) is 1. The van der Waals surface area contributed by atoms with Crippen LogP contribution in [-0.2, 0) is 4.79 Å². The van der Waals surface area contributed by atoms with Gasteiger partial charge in [0.15, 0.2) is 0 Å². The lowest BCUT2D eigenvalue weighted by Gasteiger charge is -2.17. The summed E-state index contributed by atoms with van der Waals surface area (Å²) in [5.74, 6) is -0.506. The number of anilines is 1. The van der Waals surface area contributed by atoms with Crippen LogP contribution in [0.2, 0.25) is 0 Å². The average molecular weight is 276 g/mol. The maximum atomic E-state index is 12.3. The molecule has 0 saturated carbocycles. The number of nitrogen functional groups attached to an aromatic ring is 1. The smallest absolute Gasteiger partial charge is 0.303 e. The lowest BCUT2D eigenvalue weighted by Crippen LogP contribution is -2.28. The van der Waals surface area contributed by atoms with E-state index in [1.54, 1.807) is 17.0 Å². The molecule has 1 aliphatic rings. The van der Waals surface area contributed by atoms with Crippen LogP contribution in [0, 0.1) is 12.8 Å². The number of rotatable bonds is 4. The maximum absolute atomic E-state index is 12.3. The summed E-state index contributed by atoms with van der Waals surface area (Å²) < 4.78 is 0. The van der Waals surface area contributed by atoms with Crippen molar-refractivity contribution in [1.82, 2.24) is 4.90 Å². The normalized spacial score (nSPS) is 18.2. The molecule has 108 valence electrons. The number of nitrogens with two attached hydrogens (primary N) is 1. The zero-order chi connectivity index (χ0) is 14.7. The topological polar surface area (TPSA) is 83.6 Å². The van der Waals surface area contributed by atoms with Crippen molar-refractivity contribution in [1.29, 1.82) is 0 Å². The number of amides is 1. The molecule has 0 aromatic heterocycles. The molecule has 1 aromatic carbocycles. The van der Waals surface area contributed by atoms with Gasteiger partial charge >= 0.3 is 5.97 Å². The molecular formula is C15H20N2O3. The van der Waals surface area contributed by atoms with Gasteiger partial charge in [-0.2, -0.15) is 0 Å². The Morgan fingerprint density at radius 2 is 2.20 bits per heavy atom. The fraction of sp³-hybridized carbons (Fsp3) is 0.467. The van der Waals surface area contributed by atoms with E-state index in [9.17, 15) is 9.59 Å². The fourth-order valence-corrected chi connectivity index (χ4v) is 2.54. The van der Waals surface area contributed by atoms with Gasteiger partial charge in [0.25, 0.3) is 5.91 Å². The number of carboxylic acids is 1. The van der Waals surface area contributed by atoms with Crippen LogP contribution in [-0.4, -0.2) is 35.0 Å². The third kappa shape index (κ3) is 3.29. The number of carbonyl (C=O) groups excluding carboxylic acids is 1. The largest absolute Gasteiger partial charge is 0.481 e. The van der Waals surface area contributed by atoms with E-state index in [0.717, 1.165) is 12.0 Å². The van der Waals surface area contributed by atoms with Gasteiger partial charge in [-0.1, -0.05) is 6.07 Å². The molecule has 0 radical (unpaired) electrons. The van der Waals surface area contributed by atoms with Gasteiger partial charge in [-0.25, -0.2) is 0 Å². The molecule has 0 aliphatic carbocycles. The molecule has 1 amide bonds. The summed E-state index contributed by atoms with van der Waals surface area (Å²) in [7, 11) is 0. The van der Waals surface area contributed by atoms with Crippen LogP contribution in [0.15, 0.2) is 18.2 Å². The maximum Gasteiger partial charge on any atom is 0.303 e. The molecule has 0 spiro atoms. The van der Waals surface area contributed by atoms with E-state index in [-0.39, 0.29) is 18.2 Å². The minimum atomic E-state index is -0.777. The standard InChI is InChI=1S/C15H20N2O3/c1-10-2-4-12(8-13(10)16)15(20)17-7-6-11(9-17)3-5-14(18)19/h2,4,8,11H,3,5-7,9,16H2,1H3,(H,18,19). The van der Waals surface area contributed by atoms with Crippen LogP contribution >= 0.6 is 0 Å². The predicted octanol–water partition coefficient (Wildman–Crippen LogP) is 1.90. The van der Waals surface area contributed by atoms with Gasteiger partial charge in [-0.15, -0.1) is 0 Å². The second-order valence-corrected chi connectivity index (χ2v) is 5.41. The molecule has 2 rings (SSSR count).